The third-order valence-electron chi connectivity index (χ3n) is 3.05. The summed E-state index contributed by atoms with van der Waals surface area (Å²) in [6, 6.07) is 8.00. The average Bonchev–Trinajstić information content (AvgIpc) is 2.45. The number of hydrogen-bond acceptors (Lipinski definition) is 3. The monoisotopic (exact) mass is 308 g/mol. The molecule has 3 N–H and O–H groups in total. The molecule has 21 heavy (non-hydrogen) atoms. The summed E-state index contributed by atoms with van der Waals surface area (Å²) in [6.07, 6.45) is 0. The van der Waals surface area contributed by atoms with Crippen LogP contribution in [0.1, 0.15) is 11.1 Å². The number of aryl methyl sites for hydroxylation is 1. The van der Waals surface area contributed by atoms with Crippen LogP contribution in [0.4, 0.5) is 20.2 Å². The van der Waals surface area contributed by atoms with Crippen LogP contribution < -0.4 is 15.8 Å². The number of rotatable bonds is 4. The van der Waals surface area contributed by atoms with E-state index in [-0.39, 0.29) is 16.2 Å². The van der Waals surface area contributed by atoms with Crippen LogP contribution in [0.25, 0.3) is 0 Å². The molecule has 2 aromatic rings. The summed E-state index contributed by atoms with van der Waals surface area (Å²) >= 11 is 4.67. The van der Waals surface area contributed by atoms with Crippen LogP contribution in [-0.2, 0) is 0 Å². The molecule has 0 saturated carbocycles. The molecule has 0 aliphatic carbocycles. The predicted octanol–water partition coefficient (Wildman–Crippen LogP) is 3.66. The first-order chi connectivity index (χ1) is 9.93. The van der Waals surface area contributed by atoms with E-state index in [4.69, 9.17) is 10.5 Å². The van der Waals surface area contributed by atoms with Gasteiger partial charge in [0.15, 0.2) is 11.6 Å². The zero-order valence-corrected chi connectivity index (χ0v) is 12.4. The Morgan fingerprint density at radius 3 is 2.38 bits per heavy atom. The van der Waals surface area contributed by atoms with E-state index in [2.05, 4.69) is 17.5 Å². The summed E-state index contributed by atoms with van der Waals surface area (Å²) in [5.41, 5.74) is 6.73. The van der Waals surface area contributed by atoms with Crippen LogP contribution >= 0.6 is 12.2 Å². The van der Waals surface area contributed by atoms with Gasteiger partial charge in [-0.05, 0) is 42.8 Å². The average molecular weight is 308 g/mol. The molecule has 110 valence electrons. The van der Waals surface area contributed by atoms with E-state index in [1.807, 2.05) is 6.92 Å². The summed E-state index contributed by atoms with van der Waals surface area (Å²) in [4.78, 5) is -0.182. The normalized spacial score (nSPS) is 10.3. The van der Waals surface area contributed by atoms with Gasteiger partial charge in [0.1, 0.15) is 10.7 Å². The summed E-state index contributed by atoms with van der Waals surface area (Å²) in [6.45, 7) is 1.84. The van der Waals surface area contributed by atoms with E-state index in [0.717, 1.165) is 5.56 Å². The fourth-order valence-electron chi connectivity index (χ4n) is 1.88. The molecule has 6 heteroatoms. The first kappa shape index (κ1) is 15.2. The zero-order chi connectivity index (χ0) is 15.6. The van der Waals surface area contributed by atoms with Crippen molar-refractivity contribution in [2.45, 2.75) is 6.92 Å². The number of halogens is 2. The largest absolute Gasteiger partial charge is 0.497 e. The Balaban J connectivity index is 2.36. The van der Waals surface area contributed by atoms with Gasteiger partial charge in [-0.25, -0.2) is 8.78 Å². The van der Waals surface area contributed by atoms with Gasteiger partial charge in [-0.3, -0.25) is 0 Å². The molecule has 0 aliphatic rings. The van der Waals surface area contributed by atoms with Gasteiger partial charge in [0.05, 0.1) is 12.8 Å². The second-order valence-electron chi connectivity index (χ2n) is 4.46. The van der Waals surface area contributed by atoms with Crippen molar-refractivity contribution >= 4 is 28.6 Å². The van der Waals surface area contributed by atoms with E-state index in [0.29, 0.717) is 11.4 Å². The quantitative estimate of drug-likeness (QED) is 0.846. The molecule has 3 nitrogen and oxygen atoms in total. The number of anilines is 2. The van der Waals surface area contributed by atoms with E-state index in [9.17, 15) is 8.78 Å². The minimum absolute atomic E-state index is 0.0146. The first-order valence-electron chi connectivity index (χ1n) is 6.13. The molecular weight excluding hydrogens is 294 g/mol. The lowest BCUT2D eigenvalue weighted by Gasteiger charge is -2.13. The Morgan fingerprint density at radius 1 is 1.14 bits per heavy atom. The van der Waals surface area contributed by atoms with Gasteiger partial charge >= 0.3 is 0 Å². The van der Waals surface area contributed by atoms with Gasteiger partial charge in [0.2, 0.25) is 0 Å². The van der Waals surface area contributed by atoms with E-state index in [1.165, 1.54) is 12.1 Å². The minimum Gasteiger partial charge on any atom is -0.497 e. The fourth-order valence-corrected chi connectivity index (χ4v) is 2.04. The topological polar surface area (TPSA) is 47.3 Å². The third kappa shape index (κ3) is 3.11. The number of ether oxygens (including phenoxy) is 1. The molecule has 2 aromatic carbocycles. The van der Waals surface area contributed by atoms with Crippen molar-refractivity contribution in [1.82, 2.24) is 0 Å². The van der Waals surface area contributed by atoms with Crippen molar-refractivity contribution in [3.63, 3.8) is 0 Å². The lowest BCUT2D eigenvalue weighted by molar-refractivity contribution is 0.414. The second kappa shape index (κ2) is 6.05. The van der Waals surface area contributed by atoms with Crippen molar-refractivity contribution in [3.05, 3.63) is 53.1 Å². The Bertz CT molecular complexity index is 704. The maximum atomic E-state index is 14.0. The van der Waals surface area contributed by atoms with Crippen molar-refractivity contribution in [3.8, 4) is 5.75 Å². The zero-order valence-electron chi connectivity index (χ0n) is 11.5. The summed E-state index contributed by atoms with van der Waals surface area (Å²) in [5.74, 6) is -1.39. The lowest BCUT2D eigenvalue weighted by atomic mass is 10.1. The number of benzene rings is 2. The number of thiocarbonyl (C=S) groups is 1. The minimum atomic E-state index is -1.06. The van der Waals surface area contributed by atoms with E-state index in [1.54, 1.807) is 25.3 Å². The van der Waals surface area contributed by atoms with Crippen LogP contribution in [-0.4, -0.2) is 12.1 Å². The molecule has 0 unspecified atom stereocenters. The van der Waals surface area contributed by atoms with E-state index < -0.39 is 11.6 Å². The second-order valence-corrected chi connectivity index (χ2v) is 4.90. The lowest BCUT2D eigenvalue weighted by Crippen LogP contribution is -2.13. The predicted molar refractivity (Wildman–Crippen MR) is 83.3 cm³/mol. The molecule has 0 spiro atoms. The smallest absolute Gasteiger partial charge is 0.182 e. The summed E-state index contributed by atoms with van der Waals surface area (Å²) < 4.78 is 32.9. The maximum Gasteiger partial charge on any atom is 0.182 e. The number of nitrogens with one attached hydrogen (secondary N) is 1. The molecule has 0 aliphatic heterocycles. The van der Waals surface area contributed by atoms with Crippen LogP contribution in [0, 0.1) is 18.6 Å². The van der Waals surface area contributed by atoms with Crippen LogP contribution in [0.3, 0.4) is 0 Å². The molecular formula is C15H14F2N2OS. The van der Waals surface area contributed by atoms with Gasteiger partial charge in [0, 0.05) is 11.3 Å². The van der Waals surface area contributed by atoms with Gasteiger partial charge in [-0.15, -0.1) is 0 Å². The highest BCUT2D eigenvalue weighted by Gasteiger charge is 2.15. The van der Waals surface area contributed by atoms with Crippen molar-refractivity contribution in [2.75, 3.05) is 12.4 Å². The van der Waals surface area contributed by atoms with Crippen LogP contribution in [0.5, 0.6) is 5.75 Å². The summed E-state index contributed by atoms with van der Waals surface area (Å²) in [5, 5.41) is 2.84. The standard InChI is InChI=1S/C15H14F2N2OS/c1-8-7-9(20-2)3-5-11(8)19-12-6-4-10(15(18)21)13(16)14(12)17/h3-7,19H,1-2H3,(H2,18,21). The highest BCUT2D eigenvalue weighted by molar-refractivity contribution is 7.80. The van der Waals surface area contributed by atoms with Gasteiger partial charge < -0.3 is 15.8 Å². The maximum absolute atomic E-state index is 14.0. The van der Waals surface area contributed by atoms with Gasteiger partial charge in [-0.1, -0.05) is 12.2 Å². The molecule has 2 rings (SSSR count). The first-order valence-corrected chi connectivity index (χ1v) is 6.54. The van der Waals surface area contributed by atoms with Gasteiger partial charge in [-0.2, -0.15) is 0 Å². The third-order valence-corrected chi connectivity index (χ3v) is 3.27. The van der Waals surface area contributed by atoms with Crippen LogP contribution in [0.2, 0.25) is 0 Å². The van der Waals surface area contributed by atoms with Gasteiger partial charge in [0.25, 0.3) is 0 Å². The Morgan fingerprint density at radius 2 is 1.81 bits per heavy atom. The molecule has 0 amide bonds. The molecule has 0 bridgehead atoms. The molecule has 0 aromatic heterocycles. The Kier molecular flexibility index (Phi) is 4.37. The summed E-state index contributed by atoms with van der Waals surface area (Å²) in [7, 11) is 1.56. The molecule has 0 radical (unpaired) electrons. The highest BCUT2D eigenvalue weighted by Crippen LogP contribution is 2.28. The molecule has 0 fully saturated rings. The molecule has 0 atom stereocenters. The Hall–Kier alpha value is -2.21. The van der Waals surface area contributed by atoms with E-state index >= 15 is 0 Å². The van der Waals surface area contributed by atoms with Crippen molar-refractivity contribution in [2.24, 2.45) is 5.73 Å². The Labute approximate surface area is 126 Å². The highest BCUT2D eigenvalue weighted by atomic mass is 32.1. The van der Waals surface area contributed by atoms with Crippen LogP contribution in [0.15, 0.2) is 30.3 Å². The SMILES string of the molecule is COc1ccc(Nc2ccc(C(N)=S)c(F)c2F)c(C)c1. The number of nitrogens with two attached hydrogens (primary N) is 1. The van der Waals surface area contributed by atoms with Crippen molar-refractivity contribution < 1.29 is 13.5 Å². The molecule has 0 heterocycles. The number of methoxy groups -OCH3 is 1. The molecule has 0 saturated heterocycles. The number of hydrogen-bond donors (Lipinski definition) is 2. The van der Waals surface area contributed by atoms with Crippen molar-refractivity contribution in [1.29, 1.82) is 0 Å². The fraction of sp³-hybridized carbons (Fsp3) is 0.133.